The van der Waals surface area contributed by atoms with Crippen molar-refractivity contribution in [1.82, 2.24) is 9.66 Å². The van der Waals surface area contributed by atoms with Crippen LogP contribution < -0.4 is 16.3 Å². The largest absolute Gasteiger partial charge is 0.434 e. The van der Waals surface area contributed by atoms with Gasteiger partial charge in [0.1, 0.15) is 17.8 Å². The number of nitrogens with two attached hydrogens (primary N) is 2. The predicted octanol–water partition coefficient (Wildman–Crippen LogP) is 1.45. The fourth-order valence-corrected chi connectivity index (χ4v) is 1.44. The average molecular weight is 240 g/mol. The maximum atomic E-state index is 12.2. The molecule has 7 heteroatoms. The quantitative estimate of drug-likeness (QED) is 0.796. The van der Waals surface area contributed by atoms with Crippen LogP contribution in [0.1, 0.15) is 0 Å². The zero-order valence-corrected chi connectivity index (χ0v) is 8.68. The SMILES string of the molecule is Nc1c(-c2ccccc2OC(F)F)ncn1N. The number of aromatic nitrogens is 2. The van der Waals surface area contributed by atoms with Gasteiger partial charge in [-0.15, -0.1) is 0 Å². The Kier molecular flexibility index (Phi) is 2.82. The molecule has 2 rings (SSSR count). The van der Waals surface area contributed by atoms with Gasteiger partial charge in [-0.2, -0.15) is 8.78 Å². The molecule has 0 fully saturated rings. The number of imidazole rings is 1. The summed E-state index contributed by atoms with van der Waals surface area (Å²) in [5.41, 5.74) is 6.35. The molecule has 5 nitrogen and oxygen atoms in total. The lowest BCUT2D eigenvalue weighted by molar-refractivity contribution is -0.0494. The van der Waals surface area contributed by atoms with E-state index in [0.29, 0.717) is 11.3 Å². The zero-order valence-electron chi connectivity index (χ0n) is 8.68. The fraction of sp³-hybridized carbons (Fsp3) is 0.100. The summed E-state index contributed by atoms with van der Waals surface area (Å²) >= 11 is 0. The van der Waals surface area contributed by atoms with Crippen LogP contribution in [0.4, 0.5) is 14.6 Å². The van der Waals surface area contributed by atoms with Crippen LogP contribution in [0.15, 0.2) is 30.6 Å². The van der Waals surface area contributed by atoms with E-state index < -0.39 is 6.61 Å². The van der Waals surface area contributed by atoms with Crippen LogP contribution >= 0.6 is 0 Å². The van der Waals surface area contributed by atoms with Crippen molar-refractivity contribution >= 4 is 5.82 Å². The lowest BCUT2D eigenvalue weighted by Crippen LogP contribution is -2.10. The summed E-state index contributed by atoms with van der Waals surface area (Å²) in [6, 6.07) is 6.24. The first-order chi connectivity index (χ1) is 8.09. The average Bonchev–Trinajstić information content (AvgIpc) is 2.60. The monoisotopic (exact) mass is 240 g/mol. The Morgan fingerprint density at radius 1 is 1.29 bits per heavy atom. The molecule has 4 N–H and O–H groups in total. The van der Waals surface area contributed by atoms with Crippen molar-refractivity contribution in [2.45, 2.75) is 6.61 Å². The van der Waals surface area contributed by atoms with Gasteiger partial charge in [-0.3, -0.25) is 0 Å². The van der Waals surface area contributed by atoms with Crippen LogP contribution in [0.2, 0.25) is 0 Å². The van der Waals surface area contributed by atoms with Crippen LogP contribution in [0.25, 0.3) is 11.3 Å². The number of hydrogen-bond donors (Lipinski definition) is 2. The van der Waals surface area contributed by atoms with Crippen LogP contribution in [-0.4, -0.2) is 16.3 Å². The van der Waals surface area contributed by atoms with E-state index in [9.17, 15) is 8.78 Å². The molecule has 0 aliphatic rings. The van der Waals surface area contributed by atoms with E-state index in [0.717, 1.165) is 4.68 Å². The summed E-state index contributed by atoms with van der Waals surface area (Å²) in [4.78, 5) is 3.94. The smallest absolute Gasteiger partial charge is 0.387 e. The van der Waals surface area contributed by atoms with Crippen molar-refractivity contribution in [1.29, 1.82) is 0 Å². The third-order valence-electron chi connectivity index (χ3n) is 2.19. The van der Waals surface area contributed by atoms with Gasteiger partial charge in [0.05, 0.1) is 0 Å². The van der Waals surface area contributed by atoms with Crippen LogP contribution in [0.5, 0.6) is 5.75 Å². The van der Waals surface area contributed by atoms with E-state index in [1.54, 1.807) is 18.2 Å². The second kappa shape index (κ2) is 4.28. The van der Waals surface area contributed by atoms with Crippen LogP contribution in [-0.2, 0) is 0 Å². The Bertz CT molecular complexity index is 527. The molecule has 0 unspecified atom stereocenters. The van der Waals surface area contributed by atoms with Gasteiger partial charge in [0.25, 0.3) is 0 Å². The highest BCUT2D eigenvalue weighted by Gasteiger charge is 2.15. The molecule has 0 saturated heterocycles. The lowest BCUT2D eigenvalue weighted by Gasteiger charge is -2.09. The molecule has 2 aromatic rings. The summed E-state index contributed by atoms with van der Waals surface area (Å²) in [5, 5.41) is 0. The van der Waals surface area contributed by atoms with Gasteiger partial charge >= 0.3 is 6.61 Å². The van der Waals surface area contributed by atoms with Crippen LogP contribution in [0.3, 0.4) is 0 Å². The number of rotatable bonds is 3. The summed E-state index contributed by atoms with van der Waals surface area (Å²) in [6.07, 6.45) is 1.30. The first-order valence-electron chi connectivity index (χ1n) is 4.71. The maximum Gasteiger partial charge on any atom is 0.387 e. The first kappa shape index (κ1) is 11.2. The third-order valence-corrected chi connectivity index (χ3v) is 2.19. The standard InChI is InChI=1S/C10H10F2N4O/c11-10(12)17-7-4-2-1-3-6(7)8-9(13)16(14)5-15-8/h1-5,10H,13-14H2. The lowest BCUT2D eigenvalue weighted by atomic mass is 10.1. The summed E-state index contributed by atoms with van der Waals surface area (Å²) in [5.74, 6) is 5.65. The molecule has 0 aliphatic heterocycles. The first-order valence-corrected chi connectivity index (χ1v) is 4.71. The molecule has 1 heterocycles. The molecule has 1 aromatic heterocycles. The van der Waals surface area contributed by atoms with E-state index in [-0.39, 0.29) is 11.6 Å². The topological polar surface area (TPSA) is 79.1 Å². The Balaban J connectivity index is 2.48. The van der Waals surface area contributed by atoms with Gasteiger partial charge in [0.2, 0.25) is 0 Å². The highest BCUT2D eigenvalue weighted by atomic mass is 19.3. The third kappa shape index (κ3) is 2.12. The van der Waals surface area contributed by atoms with Gasteiger partial charge in [-0.25, -0.2) is 9.66 Å². The summed E-state index contributed by atoms with van der Waals surface area (Å²) in [6.45, 7) is -2.91. The Morgan fingerprint density at radius 2 is 2.00 bits per heavy atom. The van der Waals surface area contributed by atoms with E-state index in [4.69, 9.17) is 11.6 Å². The number of nitrogen functional groups attached to an aromatic ring is 2. The van der Waals surface area contributed by atoms with Gasteiger partial charge < -0.3 is 16.3 Å². The highest BCUT2D eigenvalue weighted by molar-refractivity contribution is 5.75. The number of para-hydroxylation sites is 1. The van der Waals surface area contributed by atoms with E-state index in [1.165, 1.54) is 12.4 Å². The summed E-state index contributed by atoms with van der Waals surface area (Å²) in [7, 11) is 0. The van der Waals surface area contributed by atoms with Crippen molar-refractivity contribution in [3.8, 4) is 17.0 Å². The Morgan fingerprint density at radius 3 is 2.59 bits per heavy atom. The molecule has 0 aliphatic carbocycles. The second-order valence-electron chi connectivity index (χ2n) is 3.26. The molecule has 17 heavy (non-hydrogen) atoms. The minimum atomic E-state index is -2.91. The highest BCUT2D eigenvalue weighted by Crippen LogP contribution is 2.32. The number of halogens is 2. The molecule has 90 valence electrons. The maximum absolute atomic E-state index is 12.2. The van der Waals surface area contributed by atoms with Crippen molar-refractivity contribution in [3.05, 3.63) is 30.6 Å². The number of benzene rings is 1. The molecule has 1 aromatic carbocycles. The Labute approximate surface area is 95.6 Å². The predicted molar refractivity (Wildman–Crippen MR) is 58.9 cm³/mol. The number of alkyl halides is 2. The number of ether oxygens (including phenoxy) is 1. The van der Waals surface area contributed by atoms with Crippen molar-refractivity contribution in [2.75, 3.05) is 11.6 Å². The second-order valence-corrected chi connectivity index (χ2v) is 3.26. The molecule has 0 spiro atoms. The molecular weight excluding hydrogens is 230 g/mol. The number of anilines is 1. The molecule has 0 bridgehead atoms. The zero-order chi connectivity index (χ0) is 12.4. The van der Waals surface area contributed by atoms with E-state index >= 15 is 0 Å². The number of nitrogens with zero attached hydrogens (tertiary/aromatic N) is 2. The molecule has 0 amide bonds. The minimum absolute atomic E-state index is 0.00731. The molecule has 0 saturated carbocycles. The van der Waals surface area contributed by atoms with Crippen LogP contribution in [0, 0.1) is 0 Å². The van der Waals surface area contributed by atoms with E-state index in [2.05, 4.69) is 9.72 Å². The number of hydrogen-bond acceptors (Lipinski definition) is 4. The molecule has 0 radical (unpaired) electrons. The van der Waals surface area contributed by atoms with Crippen molar-refractivity contribution < 1.29 is 13.5 Å². The van der Waals surface area contributed by atoms with Crippen molar-refractivity contribution in [2.24, 2.45) is 0 Å². The van der Waals surface area contributed by atoms with Gasteiger partial charge in [-0.1, -0.05) is 12.1 Å². The minimum Gasteiger partial charge on any atom is -0.434 e. The normalized spacial score (nSPS) is 10.8. The molecular formula is C10H10F2N4O. The fourth-order valence-electron chi connectivity index (χ4n) is 1.44. The van der Waals surface area contributed by atoms with Gasteiger partial charge in [0.15, 0.2) is 5.82 Å². The van der Waals surface area contributed by atoms with Gasteiger partial charge in [0, 0.05) is 5.56 Å². The summed E-state index contributed by atoms with van der Waals surface area (Å²) < 4.78 is 29.9. The van der Waals surface area contributed by atoms with Gasteiger partial charge in [-0.05, 0) is 12.1 Å². The van der Waals surface area contributed by atoms with E-state index in [1.807, 2.05) is 0 Å². The molecule has 0 atom stereocenters. The Hall–Kier alpha value is -2.31. The van der Waals surface area contributed by atoms with Crippen molar-refractivity contribution in [3.63, 3.8) is 0 Å².